The van der Waals surface area contributed by atoms with Gasteiger partial charge < -0.3 is 5.73 Å². The molecule has 2 aromatic carbocycles. The van der Waals surface area contributed by atoms with Gasteiger partial charge in [0, 0.05) is 0 Å². The van der Waals surface area contributed by atoms with Gasteiger partial charge in [0.25, 0.3) is 0 Å². The lowest BCUT2D eigenvalue weighted by Crippen LogP contribution is -2.05. The van der Waals surface area contributed by atoms with Gasteiger partial charge >= 0.3 is 11.7 Å². The Kier molecular flexibility index (Phi) is 6.10. The van der Waals surface area contributed by atoms with Crippen molar-refractivity contribution in [1.82, 2.24) is 9.78 Å². The van der Waals surface area contributed by atoms with Crippen LogP contribution in [0.2, 0.25) is 10.0 Å². The highest BCUT2D eigenvalue weighted by atomic mass is 35.5. The minimum atomic E-state index is -4.71. The van der Waals surface area contributed by atoms with Gasteiger partial charge in [-0.15, -0.1) is 0 Å². The van der Waals surface area contributed by atoms with Crippen molar-refractivity contribution in [2.75, 3.05) is 5.73 Å². The Morgan fingerprint density at radius 3 is 1.97 bits per heavy atom. The van der Waals surface area contributed by atoms with Crippen molar-refractivity contribution in [2.24, 2.45) is 0 Å². The number of thioether (sulfide) groups is 1. The Labute approximate surface area is 185 Å². The van der Waals surface area contributed by atoms with Gasteiger partial charge in [0.15, 0.2) is 5.69 Å². The number of nitrogen functional groups attached to an aromatic ring is 1. The lowest BCUT2D eigenvalue weighted by atomic mass is 10.0. The molecule has 0 spiro atoms. The van der Waals surface area contributed by atoms with Crippen LogP contribution in [0, 0.1) is 11.3 Å². The summed E-state index contributed by atoms with van der Waals surface area (Å²) < 4.78 is 77.4. The molecule has 3 rings (SSSR count). The standard InChI is InChI=1S/C18H8Cl2F6N4S/c19-11-5-9(8-1-3-10(4-2-8)17(21,22)23)6-12(20)14(11)30-16(28)15(13(7-27)29-30)31-18(24,25)26/h1-6H,28H2. The van der Waals surface area contributed by atoms with Crippen molar-refractivity contribution in [2.45, 2.75) is 16.6 Å². The van der Waals surface area contributed by atoms with Crippen LogP contribution in [0.5, 0.6) is 0 Å². The number of anilines is 1. The Morgan fingerprint density at radius 1 is 0.968 bits per heavy atom. The van der Waals surface area contributed by atoms with E-state index >= 15 is 0 Å². The van der Waals surface area contributed by atoms with Crippen molar-refractivity contribution in [3.63, 3.8) is 0 Å². The second-order valence-corrected chi connectivity index (χ2v) is 7.89. The number of halogens is 8. The molecule has 0 radical (unpaired) electrons. The number of hydrogen-bond acceptors (Lipinski definition) is 4. The number of nitriles is 1. The zero-order valence-corrected chi connectivity index (χ0v) is 17.1. The van der Waals surface area contributed by atoms with Gasteiger partial charge in [-0.2, -0.15) is 36.7 Å². The maximum absolute atomic E-state index is 12.8. The normalized spacial score (nSPS) is 12.1. The molecule has 1 aromatic heterocycles. The lowest BCUT2D eigenvalue weighted by molar-refractivity contribution is -0.137. The predicted octanol–water partition coefficient (Wildman–Crippen LogP) is 6.93. The number of hydrogen-bond donors (Lipinski definition) is 1. The summed E-state index contributed by atoms with van der Waals surface area (Å²) in [4.78, 5) is -0.603. The van der Waals surface area contributed by atoms with Crippen molar-refractivity contribution in [3.8, 4) is 22.9 Å². The third kappa shape index (κ3) is 4.87. The fourth-order valence-electron chi connectivity index (χ4n) is 2.66. The molecule has 31 heavy (non-hydrogen) atoms. The minimum Gasteiger partial charge on any atom is -0.383 e. The molecule has 0 bridgehead atoms. The van der Waals surface area contributed by atoms with E-state index in [1.807, 2.05) is 0 Å². The fourth-order valence-corrected chi connectivity index (χ4v) is 3.92. The van der Waals surface area contributed by atoms with Crippen LogP contribution in [0.15, 0.2) is 41.3 Å². The molecule has 2 N–H and O–H groups in total. The predicted molar refractivity (Wildman–Crippen MR) is 105 cm³/mol. The van der Waals surface area contributed by atoms with Crippen molar-refractivity contribution in [1.29, 1.82) is 5.26 Å². The molecule has 0 aliphatic heterocycles. The van der Waals surface area contributed by atoms with E-state index in [1.54, 1.807) is 0 Å². The second kappa shape index (κ2) is 8.18. The third-order valence-electron chi connectivity index (χ3n) is 3.97. The maximum Gasteiger partial charge on any atom is 0.446 e. The van der Waals surface area contributed by atoms with Crippen molar-refractivity contribution >= 4 is 40.8 Å². The summed E-state index contributed by atoms with van der Waals surface area (Å²) in [5.41, 5.74) is 0.276. The van der Waals surface area contributed by atoms with Gasteiger partial charge in [0.1, 0.15) is 17.6 Å². The summed E-state index contributed by atoms with van der Waals surface area (Å²) in [5, 5.41) is 12.7. The number of nitrogens with two attached hydrogens (primary N) is 1. The van der Waals surface area contributed by atoms with E-state index in [2.05, 4.69) is 5.10 Å². The van der Waals surface area contributed by atoms with Crippen LogP contribution in [-0.2, 0) is 6.18 Å². The molecule has 0 amide bonds. The largest absolute Gasteiger partial charge is 0.446 e. The Hall–Kier alpha value is -2.55. The van der Waals surface area contributed by atoms with Crippen LogP contribution in [-0.4, -0.2) is 15.3 Å². The Bertz CT molecular complexity index is 1160. The molecule has 0 saturated heterocycles. The van der Waals surface area contributed by atoms with Crippen molar-refractivity contribution in [3.05, 3.63) is 57.7 Å². The maximum atomic E-state index is 12.8. The zero-order chi connectivity index (χ0) is 23.1. The first-order valence-corrected chi connectivity index (χ1v) is 9.60. The third-order valence-corrected chi connectivity index (χ3v) is 5.39. The first-order chi connectivity index (χ1) is 14.3. The van der Waals surface area contributed by atoms with Gasteiger partial charge in [-0.1, -0.05) is 35.3 Å². The summed E-state index contributed by atoms with van der Waals surface area (Å²) in [6.07, 6.45) is -4.50. The summed E-state index contributed by atoms with van der Waals surface area (Å²) in [6.45, 7) is 0. The van der Waals surface area contributed by atoms with Crippen molar-refractivity contribution < 1.29 is 26.3 Å². The van der Waals surface area contributed by atoms with E-state index in [-0.39, 0.29) is 15.7 Å². The summed E-state index contributed by atoms with van der Waals surface area (Å²) >= 11 is 11.9. The van der Waals surface area contributed by atoms with Gasteiger partial charge in [-0.05, 0) is 47.2 Å². The Morgan fingerprint density at radius 2 is 1.52 bits per heavy atom. The van der Waals surface area contributed by atoms with E-state index in [0.29, 0.717) is 11.1 Å². The highest BCUT2D eigenvalue weighted by Gasteiger charge is 2.34. The summed E-state index contributed by atoms with van der Waals surface area (Å²) in [5.74, 6) is -0.495. The van der Waals surface area contributed by atoms with Crippen LogP contribution in [0.4, 0.5) is 32.2 Å². The highest BCUT2D eigenvalue weighted by Crippen LogP contribution is 2.44. The molecule has 0 unspecified atom stereocenters. The highest BCUT2D eigenvalue weighted by molar-refractivity contribution is 8.00. The molecule has 0 aliphatic carbocycles. The van der Waals surface area contributed by atoms with Crippen LogP contribution < -0.4 is 5.73 Å². The number of alkyl halides is 6. The molecule has 1 heterocycles. The molecule has 4 nitrogen and oxygen atoms in total. The monoisotopic (exact) mass is 496 g/mol. The van der Waals surface area contributed by atoms with Gasteiger partial charge in [0.2, 0.25) is 0 Å². The second-order valence-electron chi connectivity index (χ2n) is 6.00. The molecule has 3 aromatic rings. The number of nitrogens with zero attached hydrogens (tertiary/aromatic N) is 3. The number of aromatic nitrogens is 2. The van der Waals surface area contributed by atoms with E-state index in [1.165, 1.54) is 30.3 Å². The molecule has 0 saturated carbocycles. The number of rotatable bonds is 3. The smallest absolute Gasteiger partial charge is 0.383 e. The van der Waals surface area contributed by atoms with Gasteiger partial charge in [-0.3, -0.25) is 0 Å². The fraction of sp³-hybridized carbons (Fsp3) is 0.111. The Balaban J connectivity index is 2.07. The van der Waals surface area contributed by atoms with Gasteiger partial charge in [-0.25, -0.2) is 4.68 Å². The molecule has 0 aliphatic rings. The molecular formula is C18H8Cl2F6N4S. The van der Waals surface area contributed by atoms with Crippen LogP contribution in [0.25, 0.3) is 16.8 Å². The van der Waals surface area contributed by atoms with E-state index in [4.69, 9.17) is 34.2 Å². The topological polar surface area (TPSA) is 67.6 Å². The lowest BCUT2D eigenvalue weighted by Gasteiger charge is -2.13. The zero-order valence-electron chi connectivity index (χ0n) is 14.8. The first kappa shape index (κ1) is 23.1. The molecule has 162 valence electrons. The molecule has 0 atom stereocenters. The first-order valence-electron chi connectivity index (χ1n) is 8.03. The average Bonchev–Trinajstić information content (AvgIpc) is 2.95. The molecule has 0 fully saturated rings. The van der Waals surface area contributed by atoms with Crippen LogP contribution in [0.1, 0.15) is 11.3 Å². The number of benzene rings is 2. The quantitative estimate of drug-likeness (QED) is 0.315. The molecular weight excluding hydrogens is 489 g/mol. The summed E-state index contributed by atoms with van der Waals surface area (Å²) in [7, 11) is 0. The average molecular weight is 497 g/mol. The van der Waals surface area contributed by atoms with Crippen LogP contribution in [0.3, 0.4) is 0 Å². The van der Waals surface area contributed by atoms with Crippen LogP contribution >= 0.6 is 35.0 Å². The summed E-state index contributed by atoms with van der Waals surface area (Å²) in [6, 6.07) is 8.43. The van der Waals surface area contributed by atoms with E-state index < -0.39 is 45.4 Å². The molecule has 13 heteroatoms. The SMILES string of the molecule is N#Cc1nn(-c2c(Cl)cc(-c3ccc(C(F)(F)F)cc3)cc2Cl)c(N)c1SC(F)(F)F. The minimum absolute atomic E-state index is 0.0815. The van der Waals surface area contributed by atoms with Gasteiger partial charge in [0.05, 0.1) is 20.5 Å². The van der Waals surface area contributed by atoms with E-state index in [9.17, 15) is 26.3 Å². The van der Waals surface area contributed by atoms with E-state index in [0.717, 1.165) is 16.8 Å².